The zero-order valence-corrected chi connectivity index (χ0v) is 10.5. The minimum Gasteiger partial charge on any atom is -0.493 e. The standard InChI is InChI=1S/C13H18N2O2/c1-10-4-5-11(12(8-10)16-3)17-7-6-13(2,15)9-14/h4-5,8H,6-7,15H2,1-3H3. The third kappa shape index (κ3) is 3.97. The molecule has 92 valence electrons. The van der Waals surface area contributed by atoms with Crippen LogP contribution < -0.4 is 15.2 Å². The number of benzene rings is 1. The summed E-state index contributed by atoms with van der Waals surface area (Å²) in [6.07, 6.45) is 0.473. The molecule has 1 unspecified atom stereocenters. The predicted molar refractivity (Wildman–Crippen MR) is 66.0 cm³/mol. The Morgan fingerprint density at radius 2 is 2.12 bits per heavy atom. The lowest BCUT2D eigenvalue weighted by atomic mass is 10.0. The van der Waals surface area contributed by atoms with Crippen LogP contribution in [0.5, 0.6) is 11.5 Å². The van der Waals surface area contributed by atoms with E-state index in [-0.39, 0.29) is 0 Å². The van der Waals surface area contributed by atoms with E-state index in [0.29, 0.717) is 24.5 Å². The van der Waals surface area contributed by atoms with Crippen LogP contribution in [-0.2, 0) is 0 Å². The maximum Gasteiger partial charge on any atom is 0.161 e. The van der Waals surface area contributed by atoms with E-state index in [0.717, 1.165) is 5.56 Å². The van der Waals surface area contributed by atoms with Crippen molar-refractivity contribution in [3.8, 4) is 17.6 Å². The summed E-state index contributed by atoms with van der Waals surface area (Å²) in [6, 6.07) is 7.74. The maximum atomic E-state index is 8.77. The molecule has 1 aromatic carbocycles. The number of nitrogens with two attached hydrogens (primary N) is 1. The van der Waals surface area contributed by atoms with E-state index in [1.54, 1.807) is 14.0 Å². The molecule has 1 atom stereocenters. The lowest BCUT2D eigenvalue weighted by Gasteiger charge is -2.16. The van der Waals surface area contributed by atoms with Crippen LogP contribution in [0.25, 0.3) is 0 Å². The van der Waals surface area contributed by atoms with Crippen molar-refractivity contribution in [3.63, 3.8) is 0 Å². The number of ether oxygens (including phenoxy) is 2. The molecule has 0 aliphatic carbocycles. The van der Waals surface area contributed by atoms with Crippen molar-refractivity contribution in [2.45, 2.75) is 25.8 Å². The highest BCUT2D eigenvalue weighted by atomic mass is 16.5. The summed E-state index contributed by atoms with van der Waals surface area (Å²) < 4.78 is 10.8. The van der Waals surface area contributed by atoms with Gasteiger partial charge in [0.15, 0.2) is 11.5 Å². The first-order chi connectivity index (χ1) is 7.98. The molecule has 0 spiro atoms. The second-order valence-corrected chi connectivity index (χ2v) is 4.28. The largest absolute Gasteiger partial charge is 0.493 e. The molecule has 17 heavy (non-hydrogen) atoms. The molecule has 0 aliphatic heterocycles. The fourth-order valence-corrected chi connectivity index (χ4v) is 1.32. The Hall–Kier alpha value is -1.73. The average molecular weight is 234 g/mol. The predicted octanol–water partition coefficient (Wildman–Crippen LogP) is 2.01. The molecule has 1 rings (SSSR count). The topological polar surface area (TPSA) is 68.3 Å². The van der Waals surface area contributed by atoms with Gasteiger partial charge in [-0.15, -0.1) is 0 Å². The first-order valence-corrected chi connectivity index (χ1v) is 5.46. The van der Waals surface area contributed by atoms with Crippen LogP contribution in [0, 0.1) is 18.3 Å². The van der Waals surface area contributed by atoms with Gasteiger partial charge in [-0.25, -0.2) is 0 Å². The second kappa shape index (κ2) is 5.55. The van der Waals surface area contributed by atoms with E-state index in [1.165, 1.54) is 0 Å². The molecule has 0 fully saturated rings. The number of rotatable bonds is 5. The van der Waals surface area contributed by atoms with Crippen LogP contribution >= 0.6 is 0 Å². The zero-order chi connectivity index (χ0) is 12.9. The number of hydrogen-bond acceptors (Lipinski definition) is 4. The molecule has 4 heteroatoms. The van der Waals surface area contributed by atoms with Crippen molar-refractivity contribution in [1.29, 1.82) is 5.26 Å². The fraction of sp³-hybridized carbons (Fsp3) is 0.462. The first kappa shape index (κ1) is 13.3. The molecule has 0 aliphatic rings. The van der Waals surface area contributed by atoms with Gasteiger partial charge in [-0.2, -0.15) is 5.26 Å². The first-order valence-electron chi connectivity index (χ1n) is 5.46. The molecule has 0 aromatic heterocycles. The van der Waals surface area contributed by atoms with Crippen LogP contribution in [0.3, 0.4) is 0 Å². The minimum atomic E-state index is -0.849. The maximum absolute atomic E-state index is 8.77. The van der Waals surface area contributed by atoms with E-state index in [4.69, 9.17) is 20.5 Å². The Balaban J connectivity index is 2.61. The van der Waals surface area contributed by atoms with Crippen molar-refractivity contribution >= 4 is 0 Å². The van der Waals surface area contributed by atoms with E-state index < -0.39 is 5.54 Å². The molecule has 0 saturated carbocycles. The van der Waals surface area contributed by atoms with Crippen molar-refractivity contribution in [2.75, 3.05) is 13.7 Å². The Kier molecular flexibility index (Phi) is 4.36. The molecule has 0 saturated heterocycles. The second-order valence-electron chi connectivity index (χ2n) is 4.28. The fourth-order valence-electron chi connectivity index (χ4n) is 1.32. The van der Waals surface area contributed by atoms with Crippen LogP contribution in [0.4, 0.5) is 0 Å². The number of aryl methyl sites for hydroxylation is 1. The van der Waals surface area contributed by atoms with Gasteiger partial charge in [0.1, 0.15) is 5.54 Å². The van der Waals surface area contributed by atoms with Crippen LogP contribution in [0.1, 0.15) is 18.9 Å². The molecule has 0 heterocycles. The highest BCUT2D eigenvalue weighted by Crippen LogP contribution is 2.28. The van der Waals surface area contributed by atoms with E-state index in [1.807, 2.05) is 31.2 Å². The summed E-state index contributed by atoms with van der Waals surface area (Å²) in [4.78, 5) is 0. The smallest absolute Gasteiger partial charge is 0.161 e. The van der Waals surface area contributed by atoms with Crippen LogP contribution in [0.2, 0.25) is 0 Å². The number of hydrogen-bond donors (Lipinski definition) is 1. The zero-order valence-electron chi connectivity index (χ0n) is 10.5. The van der Waals surface area contributed by atoms with Crippen LogP contribution in [-0.4, -0.2) is 19.3 Å². The molecular formula is C13H18N2O2. The lowest BCUT2D eigenvalue weighted by Crippen LogP contribution is -2.35. The summed E-state index contributed by atoms with van der Waals surface area (Å²) in [6.45, 7) is 4.06. The SMILES string of the molecule is COc1cc(C)ccc1OCCC(C)(N)C#N. The van der Waals surface area contributed by atoms with Gasteiger partial charge in [-0.1, -0.05) is 6.07 Å². The Labute approximate surface area is 102 Å². The van der Waals surface area contributed by atoms with E-state index >= 15 is 0 Å². The number of nitrogens with zero attached hydrogens (tertiary/aromatic N) is 1. The molecule has 0 radical (unpaired) electrons. The lowest BCUT2D eigenvalue weighted by molar-refractivity contribution is 0.270. The molecule has 4 nitrogen and oxygen atoms in total. The minimum absolute atomic E-state index is 0.389. The molecular weight excluding hydrogens is 216 g/mol. The van der Waals surface area contributed by atoms with Gasteiger partial charge in [0.2, 0.25) is 0 Å². The normalized spacial score (nSPS) is 13.6. The van der Waals surface area contributed by atoms with Gasteiger partial charge in [-0.05, 0) is 31.5 Å². The monoisotopic (exact) mass is 234 g/mol. The molecule has 1 aromatic rings. The molecule has 0 bridgehead atoms. The quantitative estimate of drug-likeness (QED) is 0.846. The van der Waals surface area contributed by atoms with Gasteiger partial charge in [-0.3, -0.25) is 0 Å². The van der Waals surface area contributed by atoms with Gasteiger partial charge in [0.05, 0.1) is 19.8 Å². The highest BCUT2D eigenvalue weighted by molar-refractivity contribution is 5.42. The van der Waals surface area contributed by atoms with E-state index in [9.17, 15) is 0 Å². The summed E-state index contributed by atoms with van der Waals surface area (Å²) in [5.74, 6) is 1.37. The summed E-state index contributed by atoms with van der Waals surface area (Å²) in [5.41, 5.74) is 5.96. The summed E-state index contributed by atoms with van der Waals surface area (Å²) >= 11 is 0. The summed E-state index contributed by atoms with van der Waals surface area (Å²) in [5, 5.41) is 8.77. The number of nitriles is 1. The van der Waals surface area contributed by atoms with Gasteiger partial charge < -0.3 is 15.2 Å². The van der Waals surface area contributed by atoms with Gasteiger partial charge in [0, 0.05) is 6.42 Å². The van der Waals surface area contributed by atoms with Crippen molar-refractivity contribution in [3.05, 3.63) is 23.8 Å². The van der Waals surface area contributed by atoms with E-state index in [2.05, 4.69) is 0 Å². The average Bonchev–Trinajstić information content (AvgIpc) is 2.30. The highest BCUT2D eigenvalue weighted by Gasteiger charge is 2.17. The molecule has 0 amide bonds. The molecule has 2 N–H and O–H groups in total. The van der Waals surface area contributed by atoms with Crippen LogP contribution in [0.15, 0.2) is 18.2 Å². The van der Waals surface area contributed by atoms with Crippen molar-refractivity contribution in [1.82, 2.24) is 0 Å². The Bertz CT molecular complexity index is 422. The third-order valence-electron chi connectivity index (χ3n) is 2.45. The van der Waals surface area contributed by atoms with Gasteiger partial charge >= 0.3 is 0 Å². The van der Waals surface area contributed by atoms with Gasteiger partial charge in [0.25, 0.3) is 0 Å². The number of methoxy groups -OCH3 is 1. The van der Waals surface area contributed by atoms with Crippen molar-refractivity contribution < 1.29 is 9.47 Å². The summed E-state index contributed by atoms with van der Waals surface area (Å²) in [7, 11) is 1.60. The van der Waals surface area contributed by atoms with Crippen molar-refractivity contribution in [2.24, 2.45) is 5.73 Å². The third-order valence-corrected chi connectivity index (χ3v) is 2.45. The Morgan fingerprint density at radius 1 is 1.41 bits per heavy atom. The Morgan fingerprint density at radius 3 is 2.71 bits per heavy atom.